The zero-order valence-electron chi connectivity index (χ0n) is 17.4. The average molecular weight is 415 g/mol. The maximum Gasteiger partial charge on any atom is 0.246 e. The van der Waals surface area contributed by atoms with Crippen molar-refractivity contribution in [3.63, 3.8) is 0 Å². The number of nitrogens with one attached hydrogen (secondary N) is 1. The molecule has 2 amide bonds. The molecule has 1 aliphatic rings. The van der Waals surface area contributed by atoms with Gasteiger partial charge in [-0.1, -0.05) is 42.5 Å². The van der Waals surface area contributed by atoms with E-state index in [4.69, 9.17) is 0 Å². The van der Waals surface area contributed by atoms with Crippen molar-refractivity contribution in [1.29, 1.82) is 0 Å². The zero-order chi connectivity index (χ0) is 21.5. The maximum absolute atomic E-state index is 12.6. The highest BCUT2D eigenvalue weighted by atomic mass is 16.2. The van der Waals surface area contributed by atoms with Crippen LogP contribution in [-0.2, 0) is 16.1 Å². The summed E-state index contributed by atoms with van der Waals surface area (Å²) < 4.78 is 1.94. The molecule has 1 aromatic heterocycles. The molecular formula is C25H26N4O2. The second-order valence-electron chi connectivity index (χ2n) is 7.70. The van der Waals surface area contributed by atoms with Crippen molar-refractivity contribution in [3.8, 4) is 5.69 Å². The fraction of sp³-hybridized carbons (Fsp3) is 0.240. The molecule has 1 saturated heterocycles. The summed E-state index contributed by atoms with van der Waals surface area (Å²) >= 11 is 0. The van der Waals surface area contributed by atoms with Gasteiger partial charge in [-0.2, -0.15) is 0 Å². The average Bonchev–Trinajstić information content (AvgIpc) is 3.37. The van der Waals surface area contributed by atoms with Crippen molar-refractivity contribution in [3.05, 3.63) is 90.5 Å². The number of benzene rings is 2. The Hall–Kier alpha value is -3.67. The van der Waals surface area contributed by atoms with Crippen LogP contribution in [0.3, 0.4) is 0 Å². The Morgan fingerprint density at radius 2 is 1.77 bits per heavy atom. The van der Waals surface area contributed by atoms with Crippen LogP contribution < -0.4 is 5.32 Å². The van der Waals surface area contributed by atoms with E-state index in [1.165, 1.54) is 0 Å². The molecule has 1 N–H and O–H groups in total. The molecule has 2 heterocycles. The van der Waals surface area contributed by atoms with E-state index in [2.05, 4.69) is 10.3 Å². The maximum atomic E-state index is 12.6. The van der Waals surface area contributed by atoms with Crippen LogP contribution in [-0.4, -0.2) is 39.4 Å². The smallest absolute Gasteiger partial charge is 0.246 e. The molecule has 31 heavy (non-hydrogen) atoms. The molecule has 158 valence electrons. The van der Waals surface area contributed by atoms with Gasteiger partial charge in [-0.05, 0) is 42.2 Å². The number of likely N-dealkylation sites (tertiary alicyclic amines) is 1. The SMILES string of the molecule is O=C(NCc1ccc(-n2ccnc2)cc1)C1CCN(C(=O)/C=C\c2ccccc2)CC1. The van der Waals surface area contributed by atoms with E-state index in [1.54, 1.807) is 18.6 Å². The van der Waals surface area contributed by atoms with Crippen LogP contribution in [0.1, 0.15) is 24.0 Å². The van der Waals surface area contributed by atoms with Gasteiger partial charge in [0.2, 0.25) is 11.8 Å². The van der Waals surface area contributed by atoms with Crippen LogP contribution in [0.4, 0.5) is 0 Å². The first-order valence-corrected chi connectivity index (χ1v) is 10.6. The van der Waals surface area contributed by atoms with Crippen molar-refractivity contribution in [2.45, 2.75) is 19.4 Å². The van der Waals surface area contributed by atoms with Gasteiger partial charge >= 0.3 is 0 Å². The number of piperidine rings is 1. The minimum absolute atomic E-state index is 0.000642. The standard InChI is InChI=1S/C25H26N4O2/c30-24(11-8-20-4-2-1-3-5-20)28-15-12-22(13-16-28)25(31)27-18-21-6-9-23(10-7-21)29-17-14-26-19-29/h1-11,14,17,19,22H,12-13,15-16,18H2,(H,27,31)/b11-8-. The summed E-state index contributed by atoms with van der Waals surface area (Å²) in [6.45, 7) is 1.72. The molecule has 0 spiro atoms. The number of aromatic nitrogens is 2. The number of hydrogen-bond acceptors (Lipinski definition) is 3. The Morgan fingerprint density at radius 1 is 1.03 bits per heavy atom. The zero-order valence-corrected chi connectivity index (χ0v) is 17.4. The molecule has 0 bridgehead atoms. The normalized spacial score (nSPS) is 14.6. The molecule has 6 nitrogen and oxygen atoms in total. The third kappa shape index (κ3) is 5.48. The number of imidazole rings is 1. The van der Waals surface area contributed by atoms with Gasteiger partial charge in [-0.15, -0.1) is 0 Å². The van der Waals surface area contributed by atoms with Crippen LogP contribution in [0.2, 0.25) is 0 Å². The van der Waals surface area contributed by atoms with Crippen molar-refractivity contribution in [2.75, 3.05) is 13.1 Å². The molecule has 4 rings (SSSR count). The molecular weight excluding hydrogens is 388 g/mol. The van der Waals surface area contributed by atoms with Crippen LogP contribution in [0.15, 0.2) is 79.4 Å². The molecule has 0 radical (unpaired) electrons. The minimum atomic E-state index is -0.0487. The number of amides is 2. The van der Waals surface area contributed by atoms with Gasteiger partial charge in [0.25, 0.3) is 0 Å². The predicted octanol–water partition coefficient (Wildman–Crippen LogP) is 3.44. The van der Waals surface area contributed by atoms with Crippen molar-refractivity contribution < 1.29 is 9.59 Å². The number of rotatable bonds is 6. The topological polar surface area (TPSA) is 67.2 Å². The highest BCUT2D eigenvalue weighted by Crippen LogP contribution is 2.18. The molecule has 2 aromatic carbocycles. The number of carbonyl (C=O) groups is 2. The van der Waals surface area contributed by atoms with Crippen molar-refractivity contribution in [2.24, 2.45) is 5.92 Å². The summed E-state index contributed by atoms with van der Waals surface area (Å²) in [5.74, 6) is 0.0127. The van der Waals surface area contributed by atoms with Gasteiger partial charge < -0.3 is 14.8 Å². The highest BCUT2D eigenvalue weighted by molar-refractivity contribution is 5.92. The van der Waals surface area contributed by atoms with Crippen LogP contribution in [0, 0.1) is 5.92 Å². The second kappa shape index (κ2) is 9.89. The summed E-state index contributed by atoms with van der Waals surface area (Å²) in [6.07, 6.45) is 10.2. The lowest BCUT2D eigenvalue weighted by Gasteiger charge is -2.30. The van der Waals surface area contributed by atoms with Crippen LogP contribution in [0.5, 0.6) is 0 Å². The number of hydrogen-bond donors (Lipinski definition) is 1. The fourth-order valence-electron chi connectivity index (χ4n) is 3.73. The summed E-state index contributed by atoms with van der Waals surface area (Å²) in [4.78, 5) is 30.8. The Kier molecular flexibility index (Phi) is 6.57. The highest BCUT2D eigenvalue weighted by Gasteiger charge is 2.26. The lowest BCUT2D eigenvalue weighted by molar-refractivity contribution is -0.132. The molecule has 3 aromatic rings. The summed E-state index contributed by atoms with van der Waals surface area (Å²) in [6, 6.07) is 17.8. The van der Waals surface area contributed by atoms with Crippen molar-refractivity contribution >= 4 is 17.9 Å². The second-order valence-corrected chi connectivity index (χ2v) is 7.70. The Morgan fingerprint density at radius 3 is 2.45 bits per heavy atom. The largest absolute Gasteiger partial charge is 0.352 e. The van der Waals surface area contributed by atoms with Gasteiger partial charge in [0.15, 0.2) is 0 Å². The Bertz CT molecular complexity index is 1020. The molecule has 6 heteroatoms. The van der Waals surface area contributed by atoms with E-state index in [1.807, 2.05) is 76.3 Å². The molecule has 0 atom stereocenters. The van der Waals surface area contributed by atoms with E-state index < -0.39 is 0 Å². The van der Waals surface area contributed by atoms with Gasteiger partial charge in [-0.25, -0.2) is 4.98 Å². The minimum Gasteiger partial charge on any atom is -0.352 e. The van der Waals surface area contributed by atoms with E-state index >= 15 is 0 Å². The molecule has 1 aliphatic heterocycles. The van der Waals surface area contributed by atoms with Crippen LogP contribution >= 0.6 is 0 Å². The monoisotopic (exact) mass is 414 g/mol. The first kappa shape index (κ1) is 20.6. The van der Waals surface area contributed by atoms with E-state index in [0.29, 0.717) is 32.5 Å². The molecule has 0 unspecified atom stereocenters. The van der Waals surface area contributed by atoms with Gasteiger partial charge in [0.05, 0.1) is 6.33 Å². The summed E-state index contributed by atoms with van der Waals surface area (Å²) in [7, 11) is 0. The van der Waals surface area contributed by atoms with Gasteiger partial charge in [0, 0.05) is 49.7 Å². The third-order valence-electron chi connectivity index (χ3n) is 5.60. The molecule has 0 aliphatic carbocycles. The Balaban J connectivity index is 1.22. The van der Waals surface area contributed by atoms with E-state index in [9.17, 15) is 9.59 Å². The summed E-state index contributed by atoms with van der Waals surface area (Å²) in [5, 5.41) is 3.04. The van der Waals surface area contributed by atoms with Crippen LogP contribution in [0.25, 0.3) is 11.8 Å². The predicted molar refractivity (Wildman–Crippen MR) is 120 cm³/mol. The Labute approximate surface area is 182 Å². The third-order valence-corrected chi connectivity index (χ3v) is 5.60. The lowest BCUT2D eigenvalue weighted by Crippen LogP contribution is -2.42. The van der Waals surface area contributed by atoms with Gasteiger partial charge in [0.1, 0.15) is 0 Å². The molecule has 0 saturated carbocycles. The first-order valence-electron chi connectivity index (χ1n) is 10.6. The lowest BCUT2D eigenvalue weighted by atomic mass is 9.95. The summed E-state index contributed by atoms with van der Waals surface area (Å²) in [5.41, 5.74) is 3.09. The molecule has 1 fully saturated rings. The number of nitrogens with zero attached hydrogens (tertiary/aromatic N) is 3. The van der Waals surface area contributed by atoms with Crippen molar-refractivity contribution in [1.82, 2.24) is 19.8 Å². The van der Waals surface area contributed by atoms with Gasteiger partial charge in [-0.3, -0.25) is 9.59 Å². The first-order chi connectivity index (χ1) is 15.2. The van der Waals surface area contributed by atoms with E-state index in [-0.39, 0.29) is 17.7 Å². The quantitative estimate of drug-likeness (QED) is 0.629. The van der Waals surface area contributed by atoms with E-state index in [0.717, 1.165) is 16.8 Å². The fourth-order valence-corrected chi connectivity index (χ4v) is 3.73. The number of carbonyl (C=O) groups excluding carboxylic acids is 2.